The standard InChI is InChI=1S/C11H11BrN2O2S/c1-16-7-2-3-9(12)8(6-7)10(15)14-11-13-4-5-17-11/h2-3,6H,4-5H2,1H3,(H,13,14,15). The molecule has 1 aliphatic rings. The first-order chi connectivity index (χ1) is 8.20. The first-order valence-corrected chi connectivity index (χ1v) is 6.80. The number of carbonyl (C=O) groups excluding carboxylic acids is 1. The third kappa shape index (κ3) is 3.01. The number of amidine groups is 1. The van der Waals surface area contributed by atoms with Crippen LogP contribution >= 0.6 is 27.7 Å². The lowest BCUT2D eigenvalue weighted by molar-refractivity contribution is 0.0977. The van der Waals surface area contributed by atoms with E-state index >= 15 is 0 Å². The molecule has 0 fully saturated rings. The summed E-state index contributed by atoms with van der Waals surface area (Å²) in [5.41, 5.74) is 0.541. The van der Waals surface area contributed by atoms with Gasteiger partial charge in [0.2, 0.25) is 0 Å². The fourth-order valence-corrected chi connectivity index (χ4v) is 2.53. The van der Waals surface area contributed by atoms with Crippen LogP contribution in [-0.2, 0) is 0 Å². The molecule has 6 heteroatoms. The molecule has 0 spiro atoms. The Hall–Kier alpha value is -1.01. The molecule has 1 heterocycles. The number of rotatable bonds is 2. The van der Waals surface area contributed by atoms with Gasteiger partial charge < -0.3 is 10.1 Å². The number of thioether (sulfide) groups is 1. The minimum atomic E-state index is -0.177. The molecule has 17 heavy (non-hydrogen) atoms. The number of ether oxygens (including phenoxy) is 1. The number of halogens is 1. The van der Waals surface area contributed by atoms with E-state index in [1.807, 2.05) is 0 Å². The first kappa shape index (κ1) is 12.4. The smallest absolute Gasteiger partial charge is 0.258 e. The molecule has 4 nitrogen and oxygen atoms in total. The van der Waals surface area contributed by atoms with Crippen molar-refractivity contribution in [2.24, 2.45) is 4.99 Å². The molecule has 1 N–H and O–H groups in total. The molecule has 1 aromatic rings. The molecule has 0 aromatic heterocycles. The first-order valence-electron chi connectivity index (χ1n) is 5.03. The van der Waals surface area contributed by atoms with Crippen molar-refractivity contribution in [2.45, 2.75) is 0 Å². The molecule has 0 saturated carbocycles. The van der Waals surface area contributed by atoms with Gasteiger partial charge in [-0.05, 0) is 34.1 Å². The van der Waals surface area contributed by atoms with Crippen LogP contribution in [0.25, 0.3) is 0 Å². The molecule has 90 valence electrons. The summed E-state index contributed by atoms with van der Waals surface area (Å²) in [6.45, 7) is 0.763. The molecule has 0 bridgehead atoms. The highest BCUT2D eigenvalue weighted by atomic mass is 79.9. The lowest BCUT2D eigenvalue weighted by Crippen LogP contribution is -2.27. The summed E-state index contributed by atoms with van der Waals surface area (Å²) in [7, 11) is 1.57. The van der Waals surface area contributed by atoms with Gasteiger partial charge in [-0.2, -0.15) is 0 Å². The van der Waals surface area contributed by atoms with E-state index < -0.39 is 0 Å². The number of benzene rings is 1. The van der Waals surface area contributed by atoms with Gasteiger partial charge in [0.25, 0.3) is 5.91 Å². The molecule has 0 saturated heterocycles. The molecule has 2 rings (SSSR count). The second-order valence-electron chi connectivity index (χ2n) is 3.34. The van der Waals surface area contributed by atoms with E-state index in [9.17, 15) is 4.79 Å². The van der Waals surface area contributed by atoms with Crippen LogP contribution in [0, 0.1) is 0 Å². The Morgan fingerprint density at radius 3 is 3.06 bits per heavy atom. The quantitative estimate of drug-likeness (QED) is 0.911. The number of hydrogen-bond donors (Lipinski definition) is 1. The van der Waals surface area contributed by atoms with E-state index in [2.05, 4.69) is 26.2 Å². The molecule has 1 amide bonds. The maximum absolute atomic E-state index is 12.0. The average molecular weight is 315 g/mol. The number of nitrogens with zero attached hydrogens (tertiary/aromatic N) is 1. The van der Waals surface area contributed by atoms with Crippen LogP contribution in [0.2, 0.25) is 0 Å². The Bertz CT molecular complexity index is 477. The largest absolute Gasteiger partial charge is 0.497 e. The molecule has 0 unspecified atom stereocenters. The highest BCUT2D eigenvalue weighted by Crippen LogP contribution is 2.22. The van der Waals surface area contributed by atoms with Gasteiger partial charge in [0.05, 0.1) is 19.2 Å². The van der Waals surface area contributed by atoms with Gasteiger partial charge in [-0.1, -0.05) is 11.8 Å². The van der Waals surface area contributed by atoms with Gasteiger partial charge in [-0.3, -0.25) is 9.79 Å². The normalized spacial score (nSPS) is 14.4. The summed E-state index contributed by atoms with van der Waals surface area (Å²) in [4.78, 5) is 16.2. The van der Waals surface area contributed by atoms with Crippen LogP contribution in [0.1, 0.15) is 10.4 Å². The highest BCUT2D eigenvalue weighted by Gasteiger charge is 2.15. The lowest BCUT2D eigenvalue weighted by Gasteiger charge is -2.07. The Balaban J connectivity index is 2.17. The number of aliphatic imine (C=N–C) groups is 1. The monoisotopic (exact) mass is 314 g/mol. The van der Waals surface area contributed by atoms with E-state index in [-0.39, 0.29) is 5.91 Å². The van der Waals surface area contributed by atoms with E-state index in [1.165, 1.54) is 0 Å². The van der Waals surface area contributed by atoms with Crippen molar-refractivity contribution in [3.63, 3.8) is 0 Å². The SMILES string of the molecule is COc1ccc(Br)c(C(=O)NC2=NCCS2)c1. The van der Waals surface area contributed by atoms with Crippen molar-refractivity contribution in [2.75, 3.05) is 19.4 Å². The van der Waals surface area contributed by atoms with Crippen molar-refractivity contribution in [3.8, 4) is 5.75 Å². The molecule has 0 radical (unpaired) electrons. The highest BCUT2D eigenvalue weighted by molar-refractivity contribution is 9.10. The van der Waals surface area contributed by atoms with Crippen LogP contribution in [0.3, 0.4) is 0 Å². The topological polar surface area (TPSA) is 50.7 Å². The summed E-state index contributed by atoms with van der Waals surface area (Å²) in [6, 6.07) is 5.28. The fraction of sp³-hybridized carbons (Fsp3) is 0.273. The van der Waals surface area contributed by atoms with Gasteiger partial charge in [-0.25, -0.2) is 0 Å². The Labute approximate surface area is 112 Å². The fourth-order valence-electron chi connectivity index (χ4n) is 1.38. The van der Waals surface area contributed by atoms with Gasteiger partial charge in [-0.15, -0.1) is 0 Å². The van der Waals surface area contributed by atoms with Crippen LogP contribution in [-0.4, -0.2) is 30.5 Å². The van der Waals surface area contributed by atoms with Gasteiger partial charge in [0.1, 0.15) is 5.75 Å². The van der Waals surface area contributed by atoms with Crippen LogP contribution in [0.5, 0.6) is 5.75 Å². The number of nitrogens with one attached hydrogen (secondary N) is 1. The third-order valence-corrected chi connectivity index (χ3v) is 3.81. The molecular weight excluding hydrogens is 304 g/mol. The van der Waals surface area contributed by atoms with Gasteiger partial charge in [0, 0.05) is 10.2 Å². The number of carbonyl (C=O) groups is 1. The van der Waals surface area contributed by atoms with Gasteiger partial charge >= 0.3 is 0 Å². The number of methoxy groups -OCH3 is 1. The summed E-state index contributed by atoms with van der Waals surface area (Å²) in [5, 5.41) is 3.46. The number of amides is 1. The van der Waals surface area contributed by atoms with Crippen LogP contribution in [0.4, 0.5) is 0 Å². The van der Waals surface area contributed by atoms with E-state index in [1.54, 1.807) is 37.1 Å². The van der Waals surface area contributed by atoms with Gasteiger partial charge in [0.15, 0.2) is 5.17 Å². The minimum absolute atomic E-state index is 0.177. The van der Waals surface area contributed by atoms with Crippen molar-refractivity contribution in [1.82, 2.24) is 5.32 Å². The zero-order valence-electron chi connectivity index (χ0n) is 9.20. The molecular formula is C11H11BrN2O2S. The van der Waals surface area contributed by atoms with Crippen LogP contribution < -0.4 is 10.1 Å². The molecule has 0 atom stereocenters. The zero-order valence-corrected chi connectivity index (χ0v) is 11.6. The summed E-state index contributed by atoms with van der Waals surface area (Å²) in [6.07, 6.45) is 0. The second kappa shape index (κ2) is 5.55. The van der Waals surface area contributed by atoms with Crippen LogP contribution in [0.15, 0.2) is 27.7 Å². The Morgan fingerprint density at radius 1 is 1.59 bits per heavy atom. The molecule has 0 aliphatic carbocycles. The van der Waals surface area contributed by atoms with E-state index in [0.717, 1.165) is 16.8 Å². The average Bonchev–Trinajstić information content (AvgIpc) is 2.82. The second-order valence-corrected chi connectivity index (χ2v) is 5.27. The number of hydrogen-bond acceptors (Lipinski definition) is 4. The van der Waals surface area contributed by atoms with Crippen molar-refractivity contribution >= 4 is 38.8 Å². The summed E-state index contributed by atoms with van der Waals surface area (Å²) >= 11 is 4.90. The van der Waals surface area contributed by atoms with E-state index in [0.29, 0.717) is 16.5 Å². The van der Waals surface area contributed by atoms with E-state index in [4.69, 9.17) is 4.74 Å². The summed E-state index contributed by atoms with van der Waals surface area (Å²) < 4.78 is 5.83. The minimum Gasteiger partial charge on any atom is -0.497 e. The molecule has 1 aromatic carbocycles. The zero-order chi connectivity index (χ0) is 12.3. The predicted octanol–water partition coefficient (Wildman–Crippen LogP) is 2.29. The van der Waals surface area contributed by atoms with Crippen molar-refractivity contribution in [3.05, 3.63) is 28.2 Å². The maximum atomic E-state index is 12.0. The third-order valence-electron chi connectivity index (χ3n) is 2.22. The Morgan fingerprint density at radius 2 is 2.41 bits per heavy atom. The lowest BCUT2D eigenvalue weighted by atomic mass is 10.2. The summed E-state index contributed by atoms with van der Waals surface area (Å²) in [5.74, 6) is 1.40. The Kier molecular flexibility index (Phi) is 4.06. The predicted molar refractivity (Wildman–Crippen MR) is 72.9 cm³/mol. The van der Waals surface area contributed by atoms with Crippen molar-refractivity contribution < 1.29 is 9.53 Å². The molecule has 1 aliphatic heterocycles. The maximum Gasteiger partial charge on any atom is 0.258 e. The van der Waals surface area contributed by atoms with Crippen molar-refractivity contribution in [1.29, 1.82) is 0 Å².